The lowest BCUT2D eigenvalue weighted by atomic mass is 10.2. The number of nitrogens with zero attached hydrogens (tertiary/aromatic N) is 4. The maximum Gasteiger partial charge on any atom is 0.417 e. The summed E-state index contributed by atoms with van der Waals surface area (Å²) in [6.45, 7) is 0.228. The van der Waals surface area contributed by atoms with E-state index in [1.165, 1.54) is 18.3 Å². The third-order valence-corrected chi connectivity index (χ3v) is 5.19. The molecule has 0 saturated carbocycles. The summed E-state index contributed by atoms with van der Waals surface area (Å²) < 4.78 is 50.9. The molecule has 168 valence electrons. The van der Waals surface area contributed by atoms with Crippen molar-refractivity contribution in [3.8, 4) is 28.7 Å². The Labute approximate surface area is 193 Å². The molecule has 4 aromatic rings. The van der Waals surface area contributed by atoms with Crippen molar-refractivity contribution in [1.29, 1.82) is 0 Å². The van der Waals surface area contributed by atoms with Gasteiger partial charge in [0.25, 0.3) is 5.89 Å². The average Bonchev–Trinajstić information content (AvgIpc) is 3.37. The van der Waals surface area contributed by atoms with Crippen LogP contribution >= 0.6 is 34.8 Å². The number of halogens is 6. The van der Waals surface area contributed by atoms with Gasteiger partial charge in [0.2, 0.25) is 5.82 Å². The quantitative estimate of drug-likeness (QED) is 0.332. The van der Waals surface area contributed by atoms with E-state index < -0.39 is 11.7 Å². The van der Waals surface area contributed by atoms with Gasteiger partial charge in [0.05, 0.1) is 27.2 Å². The van der Waals surface area contributed by atoms with Crippen molar-refractivity contribution in [3.63, 3.8) is 0 Å². The predicted molar refractivity (Wildman–Crippen MR) is 111 cm³/mol. The van der Waals surface area contributed by atoms with Gasteiger partial charge in [-0.1, -0.05) is 40.0 Å². The summed E-state index contributed by atoms with van der Waals surface area (Å²) in [5, 5.41) is 13.0. The number of imidazole rings is 1. The van der Waals surface area contributed by atoms with Crippen LogP contribution in [0.15, 0.2) is 35.1 Å². The van der Waals surface area contributed by atoms with Crippen LogP contribution in [-0.4, -0.2) is 37.8 Å². The zero-order chi connectivity index (χ0) is 23.0. The lowest BCUT2D eigenvalue weighted by Gasteiger charge is -2.09. The first-order chi connectivity index (χ1) is 15.2. The van der Waals surface area contributed by atoms with Crippen molar-refractivity contribution in [1.82, 2.24) is 19.5 Å². The number of hydrogen-bond donors (Lipinski definition) is 1. The molecule has 0 aliphatic heterocycles. The number of rotatable bonds is 6. The third-order valence-electron chi connectivity index (χ3n) is 4.30. The van der Waals surface area contributed by atoms with Gasteiger partial charge in [0, 0.05) is 37.1 Å². The molecule has 7 nitrogen and oxygen atoms in total. The van der Waals surface area contributed by atoms with Gasteiger partial charge in [-0.2, -0.15) is 18.2 Å². The summed E-state index contributed by atoms with van der Waals surface area (Å²) in [6.07, 6.45) is -1.98. The van der Waals surface area contributed by atoms with Crippen LogP contribution in [0.3, 0.4) is 0 Å². The maximum atomic E-state index is 13.0. The number of fused-ring (bicyclic) bond motifs is 1. The first-order valence-electron chi connectivity index (χ1n) is 9.00. The van der Waals surface area contributed by atoms with Crippen LogP contribution in [0.5, 0.6) is 5.75 Å². The molecule has 0 radical (unpaired) electrons. The Morgan fingerprint density at radius 1 is 1.03 bits per heavy atom. The van der Waals surface area contributed by atoms with Crippen molar-refractivity contribution in [2.24, 2.45) is 0 Å². The van der Waals surface area contributed by atoms with E-state index in [1.807, 2.05) is 0 Å². The highest BCUT2D eigenvalue weighted by atomic mass is 35.5. The van der Waals surface area contributed by atoms with E-state index >= 15 is 0 Å². The summed E-state index contributed by atoms with van der Waals surface area (Å²) in [6, 6.07) is 3.76. The van der Waals surface area contributed by atoms with E-state index in [1.54, 1.807) is 0 Å². The summed E-state index contributed by atoms with van der Waals surface area (Å²) in [7, 11) is 0. The maximum absolute atomic E-state index is 13.0. The lowest BCUT2D eigenvalue weighted by molar-refractivity contribution is -0.137. The summed E-state index contributed by atoms with van der Waals surface area (Å²) in [5.41, 5.74) is -0.355. The molecule has 0 aliphatic carbocycles. The highest BCUT2D eigenvalue weighted by Gasteiger charge is 2.32. The third kappa shape index (κ3) is 4.49. The Hall–Kier alpha value is -2.53. The molecule has 0 amide bonds. The van der Waals surface area contributed by atoms with Crippen LogP contribution in [0.1, 0.15) is 12.0 Å². The Kier molecular flexibility index (Phi) is 6.22. The molecule has 13 heteroatoms. The van der Waals surface area contributed by atoms with Crippen LogP contribution in [0.25, 0.3) is 28.6 Å². The Morgan fingerprint density at radius 2 is 1.81 bits per heavy atom. The second-order valence-electron chi connectivity index (χ2n) is 6.54. The molecular formula is C19H12Cl3F3N4O3. The van der Waals surface area contributed by atoms with Crippen molar-refractivity contribution in [3.05, 3.63) is 51.2 Å². The van der Waals surface area contributed by atoms with Gasteiger partial charge in [-0.3, -0.25) is 0 Å². The van der Waals surface area contributed by atoms with Crippen molar-refractivity contribution in [2.45, 2.75) is 12.6 Å². The van der Waals surface area contributed by atoms with Gasteiger partial charge in [-0.15, -0.1) is 0 Å². The van der Waals surface area contributed by atoms with E-state index in [9.17, 15) is 13.2 Å². The van der Waals surface area contributed by atoms with Crippen LogP contribution in [0, 0.1) is 0 Å². The Balaban J connectivity index is 1.66. The smallest absolute Gasteiger partial charge is 0.417 e. The molecule has 3 aromatic heterocycles. The first kappa shape index (κ1) is 22.7. The molecule has 0 spiro atoms. The summed E-state index contributed by atoms with van der Waals surface area (Å²) >= 11 is 18.5. The van der Waals surface area contributed by atoms with Crippen LogP contribution in [-0.2, 0) is 6.18 Å². The van der Waals surface area contributed by atoms with Crippen molar-refractivity contribution < 1.29 is 27.5 Å². The molecule has 32 heavy (non-hydrogen) atoms. The van der Waals surface area contributed by atoms with Crippen molar-refractivity contribution in [2.75, 3.05) is 13.2 Å². The van der Waals surface area contributed by atoms with Crippen LogP contribution in [0.4, 0.5) is 13.2 Å². The number of ether oxygens (including phenoxy) is 1. The molecule has 0 saturated heterocycles. The number of pyridine rings is 1. The Bertz CT molecular complexity index is 1290. The Morgan fingerprint density at radius 3 is 2.53 bits per heavy atom. The summed E-state index contributed by atoms with van der Waals surface area (Å²) in [4.78, 5) is 8.39. The monoisotopic (exact) mass is 506 g/mol. The number of benzene rings is 1. The topological polar surface area (TPSA) is 85.7 Å². The SMILES string of the molecule is OCCCOc1cc(Cl)c(-c2noc(-c3cn4cc(C(F)(F)F)cc(Cl)c4n3)n2)cc1Cl. The number of aromatic nitrogens is 4. The molecule has 0 atom stereocenters. The van der Waals surface area contributed by atoms with Gasteiger partial charge in [-0.25, -0.2) is 4.98 Å². The minimum atomic E-state index is -4.57. The van der Waals surface area contributed by atoms with Gasteiger partial charge < -0.3 is 18.8 Å². The zero-order valence-corrected chi connectivity index (χ0v) is 18.1. The number of aliphatic hydroxyl groups excluding tert-OH is 1. The van der Waals surface area contributed by atoms with E-state index in [0.717, 1.165) is 16.7 Å². The number of hydrogen-bond acceptors (Lipinski definition) is 6. The fourth-order valence-corrected chi connectivity index (χ4v) is 3.52. The number of aliphatic hydroxyl groups is 1. The van der Waals surface area contributed by atoms with Gasteiger partial charge in [0.1, 0.15) is 11.4 Å². The fraction of sp³-hybridized carbons (Fsp3) is 0.211. The highest BCUT2D eigenvalue weighted by Crippen LogP contribution is 2.37. The van der Waals surface area contributed by atoms with E-state index in [2.05, 4.69) is 15.1 Å². The molecule has 0 bridgehead atoms. The normalized spacial score (nSPS) is 12.0. The molecule has 4 rings (SSSR count). The van der Waals surface area contributed by atoms with Crippen LogP contribution in [0.2, 0.25) is 15.1 Å². The second-order valence-corrected chi connectivity index (χ2v) is 7.76. The highest BCUT2D eigenvalue weighted by molar-refractivity contribution is 6.36. The minimum Gasteiger partial charge on any atom is -0.492 e. The first-order valence-corrected chi connectivity index (χ1v) is 10.1. The molecular weight excluding hydrogens is 496 g/mol. The molecule has 1 N–H and O–H groups in total. The number of alkyl halides is 3. The van der Waals surface area contributed by atoms with Crippen molar-refractivity contribution >= 4 is 40.4 Å². The minimum absolute atomic E-state index is 0.0269. The summed E-state index contributed by atoms with van der Waals surface area (Å²) in [5.74, 6) is 0.366. The molecule has 3 heterocycles. The van der Waals surface area contributed by atoms with E-state index in [0.29, 0.717) is 17.7 Å². The fourth-order valence-electron chi connectivity index (χ4n) is 2.81. The van der Waals surface area contributed by atoms with E-state index in [4.69, 9.17) is 49.2 Å². The van der Waals surface area contributed by atoms with E-state index in [-0.39, 0.29) is 51.3 Å². The molecule has 0 fully saturated rings. The zero-order valence-electron chi connectivity index (χ0n) is 15.8. The second kappa shape index (κ2) is 8.78. The molecule has 0 aliphatic rings. The molecule has 1 aromatic carbocycles. The van der Waals surface area contributed by atoms with Gasteiger partial charge in [-0.05, 0) is 12.1 Å². The lowest BCUT2D eigenvalue weighted by Crippen LogP contribution is -2.06. The van der Waals surface area contributed by atoms with Gasteiger partial charge in [0.15, 0.2) is 5.65 Å². The standard InChI is InChI=1S/C19H12Cl3F3N4O3/c20-11-6-15(31-3-1-2-30)12(21)5-10(11)16-27-18(32-28-16)14-8-29-7-9(19(23,24)25)4-13(22)17(29)26-14/h4-8,30H,1-3H2. The van der Waals surface area contributed by atoms with Crippen LogP contribution < -0.4 is 4.74 Å². The predicted octanol–water partition coefficient (Wildman–Crippen LogP) is 5.79. The average molecular weight is 508 g/mol. The largest absolute Gasteiger partial charge is 0.492 e. The molecule has 0 unspecified atom stereocenters. The van der Waals surface area contributed by atoms with Gasteiger partial charge >= 0.3 is 6.18 Å².